The molecule has 4 aromatic rings. The van der Waals surface area contributed by atoms with Gasteiger partial charge in [0.15, 0.2) is 0 Å². The number of nitrogens with one attached hydrogen (secondary N) is 1. The lowest BCUT2D eigenvalue weighted by Gasteiger charge is -2.36. The predicted octanol–water partition coefficient (Wildman–Crippen LogP) is 6.67. The molecule has 5 rings (SSSR count). The fourth-order valence-electron chi connectivity index (χ4n) is 5.38. The quantitative estimate of drug-likeness (QED) is 0.106. The van der Waals surface area contributed by atoms with Gasteiger partial charge < -0.3 is 29.3 Å². The zero-order valence-corrected chi connectivity index (χ0v) is 27.5. The van der Waals surface area contributed by atoms with Crippen LogP contribution >= 0.6 is 11.6 Å². The number of nitrogens with zero attached hydrogens (tertiary/aromatic N) is 5. The Kier molecular flexibility index (Phi) is 10.3. The van der Waals surface area contributed by atoms with Crippen LogP contribution in [-0.4, -0.2) is 73.7 Å². The van der Waals surface area contributed by atoms with Crippen molar-refractivity contribution in [2.75, 3.05) is 62.0 Å². The van der Waals surface area contributed by atoms with E-state index in [1.54, 1.807) is 36.1 Å². The maximum atomic E-state index is 13.9. The van der Waals surface area contributed by atoms with Gasteiger partial charge in [0.2, 0.25) is 0 Å². The number of aryl methyl sites for hydroxylation is 1. The summed E-state index contributed by atoms with van der Waals surface area (Å²) in [5, 5.41) is 19.0. The van der Waals surface area contributed by atoms with E-state index in [2.05, 4.69) is 17.4 Å². The molecule has 2 heterocycles. The number of carbonyl (C=O) groups excluding carboxylic acids is 2. The Labute approximate surface area is 278 Å². The summed E-state index contributed by atoms with van der Waals surface area (Å²) in [5.74, 6) is 0.337. The van der Waals surface area contributed by atoms with Crippen molar-refractivity contribution >= 4 is 46.2 Å². The molecule has 47 heavy (non-hydrogen) atoms. The molecule has 13 heteroatoms. The van der Waals surface area contributed by atoms with Crippen molar-refractivity contribution in [2.45, 2.75) is 26.7 Å². The molecule has 2 amide bonds. The fourth-order valence-corrected chi connectivity index (χ4v) is 5.66. The summed E-state index contributed by atoms with van der Waals surface area (Å²) in [6.07, 6.45) is 1.90. The number of rotatable bonds is 11. The maximum Gasteiger partial charge on any atom is 0.294 e. The molecule has 0 spiro atoms. The van der Waals surface area contributed by atoms with Crippen molar-refractivity contribution in [2.24, 2.45) is 0 Å². The van der Waals surface area contributed by atoms with Crippen molar-refractivity contribution in [3.05, 3.63) is 92.7 Å². The van der Waals surface area contributed by atoms with E-state index in [-0.39, 0.29) is 22.3 Å². The minimum atomic E-state index is -0.580. The number of halogens is 1. The smallest absolute Gasteiger partial charge is 0.294 e. The number of para-hydroxylation sites is 1. The average molecular weight is 661 g/mol. The van der Waals surface area contributed by atoms with Gasteiger partial charge in [0.25, 0.3) is 17.5 Å². The lowest BCUT2D eigenvalue weighted by atomic mass is 10.0. The Bertz CT molecular complexity index is 1770. The van der Waals surface area contributed by atoms with Crippen LogP contribution in [0.4, 0.5) is 22.7 Å². The van der Waals surface area contributed by atoms with Crippen molar-refractivity contribution in [3.63, 3.8) is 0 Å². The monoisotopic (exact) mass is 660 g/mol. The highest BCUT2D eigenvalue weighted by atomic mass is 35.5. The second-order valence-corrected chi connectivity index (χ2v) is 11.8. The number of carbonyl (C=O) groups is 2. The summed E-state index contributed by atoms with van der Waals surface area (Å²) >= 11 is 6.55. The topological polar surface area (TPSA) is 134 Å². The van der Waals surface area contributed by atoms with Crippen LogP contribution < -0.4 is 19.9 Å². The molecule has 246 valence electrons. The predicted molar refractivity (Wildman–Crippen MR) is 182 cm³/mol. The molecule has 1 aliphatic rings. The fraction of sp³-hybridized carbons (Fsp3) is 0.324. The number of aromatic nitrogens is 1. The number of hydrogen-bond donors (Lipinski definition) is 1. The maximum absolute atomic E-state index is 13.9. The van der Waals surface area contributed by atoms with Crippen LogP contribution in [0.2, 0.25) is 5.02 Å². The van der Waals surface area contributed by atoms with E-state index in [1.807, 2.05) is 48.2 Å². The molecule has 3 aromatic carbocycles. The number of hydrogen-bond acceptors (Lipinski definition) is 9. The Balaban J connectivity index is 1.33. The summed E-state index contributed by atoms with van der Waals surface area (Å²) in [7, 11) is 3.78. The van der Waals surface area contributed by atoms with E-state index in [0.29, 0.717) is 72.4 Å². The van der Waals surface area contributed by atoms with Crippen LogP contribution in [0.5, 0.6) is 5.75 Å². The Morgan fingerprint density at radius 1 is 1.09 bits per heavy atom. The molecule has 1 aromatic heterocycles. The normalized spacial score (nSPS) is 13.0. The van der Waals surface area contributed by atoms with Crippen LogP contribution in [0.3, 0.4) is 0 Å². The second-order valence-electron chi connectivity index (χ2n) is 11.4. The van der Waals surface area contributed by atoms with Gasteiger partial charge in [-0.2, -0.15) is 0 Å². The number of amides is 2. The first-order valence-electron chi connectivity index (χ1n) is 15.4. The molecule has 0 aliphatic carbocycles. The van der Waals surface area contributed by atoms with Crippen molar-refractivity contribution in [1.29, 1.82) is 0 Å². The van der Waals surface area contributed by atoms with E-state index >= 15 is 0 Å². The molecule has 0 bridgehead atoms. The number of piperazine rings is 1. The van der Waals surface area contributed by atoms with Gasteiger partial charge in [0.05, 0.1) is 22.2 Å². The van der Waals surface area contributed by atoms with Crippen molar-refractivity contribution < 1.29 is 23.8 Å². The Hall–Kier alpha value is -5.10. The van der Waals surface area contributed by atoms with Crippen LogP contribution in [0.25, 0.3) is 11.3 Å². The van der Waals surface area contributed by atoms with Gasteiger partial charge in [-0.3, -0.25) is 19.7 Å². The summed E-state index contributed by atoms with van der Waals surface area (Å²) in [6.45, 7) is 5.86. The van der Waals surface area contributed by atoms with Crippen LogP contribution in [0.15, 0.2) is 65.2 Å². The van der Waals surface area contributed by atoms with Gasteiger partial charge >= 0.3 is 0 Å². The molecular formula is C34H37ClN6O6. The molecule has 0 radical (unpaired) electrons. The lowest BCUT2D eigenvalue weighted by molar-refractivity contribution is -0.383. The molecule has 12 nitrogen and oxygen atoms in total. The molecule has 1 aliphatic heterocycles. The van der Waals surface area contributed by atoms with E-state index in [9.17, 15) is 19.7 Å². The van der Waals surface area contributed by atoms with E-state index < -0.39 is 10.8 Å². The number of unbranched alkanes of at least 4 members (excludes halogenated alkanes) is 1. The summed E-state index contributed by atoms with van der Waals surface area (Å²) < 4.78 is 11.5. The largest absolute Gasteiger partial charge is 0.493 e. The third kappa shape index (κ3) is 7.33. The van der Waals surface area contributed by atoms with Crippen molar-refractivity contribution in [3.8, 4) is 17.0 Å². The Morgan fingerprint density at radius 3 is 2.45 bits per heavy atom. The average Bonchev–Trinajstić information content (AvgIpc) is 3.46. The molecule has 0 saturated carbocycles. The van der Waals surface area contributed by atoms with Crippen LogP contribution in [0, 0.1) is 17.0 Å². The van der Waals surface area contributed by atoms with Crippen LogP contribution in [-0.2, 0) is 0 Å². The second kappa shape index (κ2) is 14.5. The van der Waals surface area contributed by atoms with Gasteiger partial charge in [-0.25, -0.2) is 0 Å². The van der Waals surface area contributed by atoms with E-state index in [0.717, 1.165) is 18.5 Å². The molecule has 0 atom stereocenters. The van der Waals surface area contributed by atoms with Gasteiger partial charge in [0.1, 0.15) is 28.5 Å². The molecule has 1 N–H and O–H groups in total. The highest BCUT2D eigenvalue weighted by molar-refractivity contribution is 6.33. The molecule has 0 unspecified atom stereocenters. The lowest BCUT2D eigenvalue weighted by Crippen LogP contribution is -2.49. The third-order valence-electron chi connectivity index (χ3n) is 8.04. The Morgan fingerprint density at radius 2 is 1.79 bits per heavy atom. The first-order chi connectivity index (χ1) is 22.6. The summed E-state index contributed by atoms with van der Waals surface area (Å²) in [4.78, 5) is 43.8. The molecular weight excluding hydrogens is 624 g/mol. The first kappa shape index (κ1) is 33.3. The minimum Gasteiger partial charge on any atom is -0.493 e. The van der Waals surface area contributed by atoms with Gasteiger partial charge in [-0.15, -0.1) is 0 Å². The van der Waals surface area contributed by atoms with Crippen molar-refractivity contribution in [1.82, 2.24) is 10.1 Å². The summed E-state index contributed by atoms with van der Waals surface area (Å²) in [6, 6.07) is 17.1. The summed E-state index contributed by atoms with van der Waals surface area (Å²) in [5.41, 5.74) is 2.98. The number of nitro benzene ring substituents is 1. The highest BCUT2D eigenvalue weighted by Crippen LogP contribution is 2.38. The zero-order chi connectivity index (χ0) is 33.7. The number of anilines is 3. The van der Waals surface area contributed by atoms with E-state index in [1.165, 1.54) is 12.1 Å². The SMILES string of the molecule is CCCCOc1ccccc1-c1noc(C)c1C(=O)N1CCN(c2cc(NC(=O)c3ccc(N(C)C)cc3)c([N+](=O)[O-])cc2Cl)CC1. The molecule has 1 saturated heterocycles. The number of benzene rings is 3. The first-order valence-corrected chi connectivity index (χ1v) is 15.8. The zero-order valence-electron chi connectivity index (χ0n) is 26.8. The van der Waals surface area contributed by atoms with Gasteiger partial charge in [0, 0.05) is 63.2 Å². The van der Waals surface area contributed by atoms with Gasteiger partial charge in [-0.1, -0.05) is 42.2 Å². The van der Waals surface area contributed by atoms with Crippen LogP contribution in [0.1, 0.15) is 46.2 Å². The minimum absolute atomic E-state index is 0.0270. The van der Waals surface area contributed by atoms with E-state index in [4.69, 9.17) is 20.9 Å². The van der Waals surface area contributed by atoms with Gasteiger partial charge in [-0.05, 0) is 55.8 Å². The third-order valence-corrected chi connectivity index (χ3v) is 8.34. The number of ether oxygens (including phenoxy) is 1. The highest BCUT2D eigenvalue weighted by Gasteiger charge is 2.31. The number of nitro groups is 1. The molecule has 1 fully saturated rings. The standard InChI is InChI=1S/C34H37ClN6O6/c1-5-6-19-46-30-10-8-7-9-25(30)32-31(22(2)47-37-32)34(43)40-17-15-39(16-18-40)28-21-27(29(41(44)45)20-26(28)35)36-33(42)23-11-13-24(14-12-23)38(3)4/h7-14,20-21H,5-6,15-19H2,1-4H3,(H,36,42).